The molecular weight excluding hydrogens is 208 g/mol. The topological polar surface area (TPSA) is 55.8 Å². The lowest BCUT2D eigenvalue weighted by Crippen LogP contribution is -2.13. The van der Waals surface area contributed by atoms with Crippen molar-refractivity contribution in [2.75, 3.05) is 6.79 Å². The number of hydrogen-bond acceptors (Lipinski definition) is 3. The highest BCUT2D eigenvalue weighted by Crippen LogP contribution is 2.45. The van der Waals surface area contributed by atoms with Gasteiger partial charge in [0.1, 0.15) is 0 Å². The van der Waals surface area contributed by atoms with Crippen molar-refractivity contribution in [1.29, 1.82) is 0 Å². The number of ether oxygens (including phenoxy) is 2. The first-order valence-corrected chi connectivity index (χ1v) is 5.38. The van der Waals surface area contributed by atoms with E-state index in [2.05, 4.69) is 0 Å². The Hall–Kier alpha value is -1.71. The van der Waals surface area contributed by atoms with Gasteiger partial charge in [-0.25, -0.2) is 0 Å². The van der Waals surface area contributed by atoms with Gasteiger partial charge in [0.05, 0.1) is 5.92 Å². The Morgan fingerprint density at radius 1 is 1.31 bits per heavy atom. The average Bonchev–Trinajstić information content (AvgIpc) is 2.96. The molecule has 3 rings (SSSR count). The van der Waals surface area contributed by atoms with Gasteiger partial charge in [-0.15, -0.1) is 0 Å². The molecule has 4 nitrogen and oxygen atoms in total. The summed E-state index contributed by atoms with van der Waals surface area (Å²) in [7, 11) is 0. The second-order valence-electron chi connectivity index (χ2n) is 4.27. The van der Waals surface area contributed by atoms with Crippen LogP contribution < -0.4 is 9.47 Å². The number of carbonyl (C=O) groups is 1. The third-order valence-corrected chi connectivity index (χ3v) is 3.12. The Balaban J connectivity index is 1.95. The van der Waals surface area contributed by atoms with Crippen molar-refractivity contribution in [1.82, 2.24) is 0 Å². The number of carboxylic acid groups (broad SMARTS) is 1. The van der Waals surface area contributed by atoms with Crippen LogP contribution in [0.5, 0.6) is 11.5 Å². The van der Waals surface area contributed by atoms with Gasteiger partial charge in [0, 0.05) is 0 Å². The minimum Gasteiger partial charge on any atom is -0.481 e. The van der Waals surface area contributed by atoms with Crippen molar-refractivity contribution in [3.8, 4) is 11.5 Å². The van der Waals surface area contributed by atoms with Crippen LogP contribution in [0.25, 0.3) is 0 Å². The molecule has 0 saturated heterocycles. The fourth-order valence-electron chi connectivity index (χ4n) is 2.15. The van der Waals surface area contributed by atoms with E-state index in [0.717, 1.165) is 18.4 Å². The molecule has 2 aliphatic rings. The first kappa shape index (κ1) is 9.51. The van der Waals surface area contributed by atoms with Crippen LogP contribution >= 0.6 is 0 Å². The summed E-state index contributed by atoms with van der Waals surface area (Å²) < 4.78 is 10.5. The molecule has 1 aliphatic heterocycles. The van der Waals surface area contributed by atoms with E-state index in [0.29, 0.717) is 11.5 Å². The van der Waals surface area contributed by atoms with Crippen LogP contribution in [0.4, 0.5) is 0 Å². The number of aliphatic carboxylic acids is 1. The molecule has 1 aliphatic carbocycles. The summed E-state index contributed by atoms with van der Waals surface area (Å²) in [5.41, 5.74) is 0.819. The molecule has 1 heterocycles. The molecule has 1 unspecified atom stereocenters. The van der Waals surface area contributed by atoms with Crippen LogP contribution in [0, 0.1) is 5.92 Å². The van der Waals surface area contributed by atoms with Gasteiger partial charge in [0.2, 0.25) is 6.79 Å². The molecule has 1 aromatic carbocycles. The van der Waals surface area contributed by atoms with E-state index in [4.69, 9.17) is 9.47 Å². The minimum atomic E-state index is -0.749. The summed E-state index contributed by atoms with van der Waals surface area (Å²) in [4.78, 5) is 11.2. The van der Waals surface area contributed by atoms with E-state index in [1.165, 1.54) is 0 Å². The standard InChI is InChI=1S/C12H12O4/c13-12(14)11(7-1-2-7)8-3-4-9-10(5-8)16-6-15-9/h3-5,7,11H,1-2,6H2,(H,13,14). The number of benzene rings is 1. The van der Waals surface area contributed by atoms with E-state index >= 15 is 0 Å². The molecule has 1 aromatic rings. The minimum absolute atomic E-state index is 0.222. The van der Waals surface area contributed by atoms with Gasteiger partial charge in [-0.1, -0.05) is 6.07 Å². The van der Waals surface area contributed by atoms with E-state index in [1.54, 1.807) is 12.1 Å². The maximum absolute atomic E-state index is 11.2. The summed E-state index contributed by atoms with van der Waals surface area (Å²) in [5.74, 6) is 0.502. The van der Waals surface area contributed by atoms with Crippen LogP contribution in [0.15, 0.2) is 18.2 Å². The number of hydrogen-bond donors (Lipinski definition) is 1. The molecule has 0 spiro atoms. The predicted octanol–water partition coefficient (Wildman–Crippen LogP) is 1.99. The van der Waals surface area contributed by atoms with E-state index in [1.807, 2.05) is 6.07 Å². The second kappa shape index (κ2) is 3.40. The van der Waals surface area contributed by atoms with Crippen molar-refractivity contribution >= 4 is 5.97 Å². The van der Waals surface area contributed by atoms with Crippen LogP contribution in [0.1, 0.15) is 24.3 Å². The van der Waals surface area contributed by atoms with E-state index in [-0.39, 0.29) is 12.7 Å². The Bertz CT molecular complexity index is 437. The summed E-state index contributed by atoms with van der Waals surface area (Å²) in [6, 6.07) is 5.40. The maximum atomic E-state index is 11.2. The van der Waals surface area contributed by atoms with Crippen LogP contribution in [-0.2, 0) is 4.79 Å². The summed E-state index contributed by atoms with van der Waals surface area (Å²) >= 11 is 0. The second-order valence-corrected chi connectivity index (χ2v) is 4.27. The predicted molar refractivity (Wildman–Crippen MR) is 55.7 cm³/mol. The van der Waals surface area contributed by atoms with Crippen LogP contribution in [0.3, 0.4) is 0 Å². The largest absolute Gasteiger partial charge is 0.481 e. The van der Waals surface area contributed by atoms with Crippen molar-refractivity contribution in [2.45, 2.75) is 18.8 Å². The lowest BCUT2D eigenvalue weighted by molar-refractivity contribution is -0.139. The highest BCUT2D eigenvalue weighted by molar-refractivity contribution is 5.77. The van der Waals surface area contributed by atoms with Gasteiger partial charge in [-0.2, -0.15) is 0 Å². The van der Waals surface area contributed by atoms with Gasteiger partial charge in [0.25, 0.3) is 0 Å². The smallest absolute Gasteiger partial charge is 0.311 e. The lowest BCUT2D eigenvalue weighted by Gasteiger charge is -2.11. The Morgan fingerprint density at radius 3 is 2.75 bits per heavy atom. The fraction of sp³-hybridized carbons (Fsp3) is 0.417. The molecule has 1 atom stereocenters. The summed E-state index contributed by atoms with van der Waals surface area (Å²) in [6.07, 6.45) is 2.01. The molecule has 1 fully saturated rings. The molecule has 0 amide bonds. The van der Waals surface area contributed by atoms with Gasteiger partial charge in [0.15, 0.2) is 11.5 Å². The first-order chi connectivity index (χ1) is 7.75. The normalized spacial score (nSPS) is 19.5. The maximum Gasteiger partial charge on any atom is 0.311 e. The molecule has 0 aromatic heterocycles. The van der Waals surface area contributed by atoms with E-state index < -0.39 is 11.9 Å². The van der Waals surface area contributed by atoms with Gasteiger partial charge in [-0.3, -0.25) is 4.79 Å². The van der Waals surface area contributed by atoms with Gasteiger partial charge >= 0.3 is 5.97 Å². The average molecular weight is 220 g/mol. The molecule has 4 heteroatoms. The molecule has 1 N–H and O–H groups in total. The molecule has 0 radical (unpaired) electrons. The zero-order valence-electron chi connectivity index (χ0n) is 8.68. The Morgan fingerprint density at radius 2 is 2.06 bits per heavy atom. The number of carboxylic acids is 1. The van der Waals surface area contributed by atoms with Crippen molar-refractivity contribution in [2.24, 2.45) is 5.92 Å². The fourth-order valence-corrected chi connectivity index (χ4v) is 2.15. The van der Waals surface area contributed by atoms with Gasteiger partial charge < -0.3 is 14.6 Å². The summed E-state index contributed by atoms with van der Waals surface area (Å²) in [5, 5.41) is 9.21. The third-order valence-electron chi connectivity index (χ3n) is 3.12. The summed E-state index contributed by atoms with van der Waals surface area (Å²) in [6.45, 7) is 0.222. The lowest BCUT2D eigenvalue weighted by atomic mass is 9.94. The zero-order chi connectivity index (χ0) is 11.1. The van der Waals surface area contributed by atoms with E-state index in [9.17, 15) is 9.90 Å². The molecule has 1 saturated carbocycles. The Labute approximate surface area is 92.8 Å². The van der Waals surface area contributed by atoms with Crippen LogP contribution in [0.2, 0.25) is 0 Å². The van der Waals surface area contributed by atoms with Crippen molar-refractivity contribution < 1.29 is 19.4 Å². The Kier molecular flexibility index (Phi) is 2.02. The number of rotatable bonds is 3. The van der Waals surface area contributed by atoms with Gasteiger partial charge in [-0.05, 0) is 36.5 Å². The third kappa shape index (κ3) is 1.50. The highest BCUT2D eigenvalue weighted by atomic mass is 16.7. The number of fused-ring (bicyclic) bond motifs is 1. The molecule has 16 heavy (non-hydrogen) atoms. The molecule has 0 bridgehead atoms. The van der Waals surface area contributed by atoms with Crippen molar-refractivity contribution in [3.05, 3.63) is 23.8 Å². The quantitative estimate of drug-likeness (QED) is 0.846. The monoisotopic (exact) mass is 220 g/mol. The van der Waals surface area contributed by atoms with Crippen LogP contribution in [-0.4, -0.2) is 17.9 Å². The first-order valence-electron chi connectivity index (χ1n) is 5.38. The molecular formula is C12H12O4. The SMILES string of the molecule is O=C(O)C(c1ccc2c(c1)OCO2)C1CC1. The highest BCUT2D eigenvalue weighted by Gasteiger charge is 2.37. The zero-order valence-corrected chi connectivity index (χ0v) is 8.68. The van der Waals surface area contributed by atoms with Crippen molar-refractivity contribution in [3.63, 3.8) is 0 Å². The molecule has 84 valence electrons.